The van der Waals surface area contributed by atoms with E-state index in [9.17, 15) is 4.79 Å². The van der Waals surface area contributed by atoms with E-state index in [1.54, 1.807) is 4.52 Å². The second-order valence-corrected chi connectivity index (χ2v) is 9.13. The molecule has 2 saturated carbocycles. The van der Waals surface area contributed by atoms with E-state index in [2.05, 4.69) is 29.1 Å². The number of carbonyl (C=O) groups is 2. The van der Waals surface area contributed by atoms with Crippen molar-refractivity contribution in [1.82, 2.24) is 24.4 Å². The smallest absolute Gasteiger partial charge is 0.290 e. The van der Waals surface area contributed by atoms with E-state index in [0.717, 1.165) is 38.5 Å². The molecule has 1 saturated heterocycles. The second-order valence-electron chi connectivity index (χ2n) is 9.13. The molecule has 3 aliphatic rings. The van der Waals surface area contributed by atoms with Gasteiger partial charge < -0.3 is 19.6 Å². The van der Waals surface area contributed by atoms with Crippen LogP contribution < -0.4 is 0 Å². The van der Waals surface area contributed by atoms with Crippen LogP contribution in [0, 0.1) is 17.8 Å². The number of hydrogen-bond acceptors (Lipinski definition) is 6. The molecule has 1 amide bonds. The molecule has 0 aromatic carbocycles. The highest BCUT2D eigenvalue weighted by molar-refractivity contribution is 5.95. The number of fused-ring (bicyclic) bond motifs is 2. The molecule has 2 aromatic heterocycles. The summed E-state index contributed by atoms with van der Waals surface area (Å²) >= 11 is 0. The molecular weight excluding hydrogens is 398 g/mol. The highest BCUT2D eigenvalue weighted by atomic mass is 16.5. The van der Waals surface area contributed by atoms with Crippen LogP contribution in [-0.4, -0.2) is 87.8 Å². The minimum absolute atomic E-state index is 0.108. The van der Waals surface area contributed by atoms with Gasteiger partial charge in [-0.1, -0.05) is 0 Å². The number of likely N-dealkylation sites (tertiary alicyclic amines) is 1. The third kappa shape index (κ3) is 4.88. The Morgan fingerprint density at radius 3 is 2.68 bits per heavy atom. The Kier molecular flexibility index (Phi) is 6.52. The van der Waals surface area contributed by atoms with Gasteiger partial charge >= 0.3 is 0 Å². The van der Waals surface area contributed by atoms with Crippen LogP contribution in [-0.2, 0) is 9.53 Å². The van der Waals surface area contributed by atoms with E-state index in [1.165, 1.54) is 19.2 Å². The van der Waals surface area contributed by atoms with Gasteiger partial charge in [-0.25, -0.2) is 9.50 Å². The van der Waals surface area contributed by atoms with Crippen molar-refractivity contribution in [3.05, 3.63) is 30.2 Å². The van der Waals surface area contributed by atoms with Crippen molar-refractivity contribution >= 4 is 18.0 Å². The Bertz CT molecular complexity index is 912. The molecule has 0 unspecified atom stereocenters. The first-order valence-corrected chi connectivity index (χ1v) is 10.9. The maximum Gasteiger partial charge on any atom is 0.290 e. The summed E-state index contributed by atoms with van der Waals surface area (Å²) in [7, 11) is 4.31. The normalized spacial score (nSPS) is 27.6. The molecule has 9 heteroatoms. The van der Waals surface area contributed by atoms with E-state index < -0.39 is 0 Å². The van der Waals surface area contributed by atoms with Crippen LogP contribution in [0.15, 0.2) is 24.7 Å². The van der Waals surface area contributed by atoms with Crippen LogP contribution in [0.3, 0.4) is 0 Å². The van der Waals surface area contributed by atoms with Gasteiger partial charge in [0.25, 0.3) is 12.4 Å². The molecule has 31 heavy (non-hydrogen) atoms. The molecule has 1 N–H and O–H groups in total. The Morgan fingerprint density at radius 1 is 1.29 bits per heavy atom. The Labute approximate surface area is 182 Å². The van der Waals surface area contributed by atoms with Gasteiger partial charge in [0.2, 0.25) is 0 Å². The quantitative estimate of drug-likeness (QED) is 0.721. The molecule has 3 heterocycles. The summed E-state index contributed by atoms with van der Waals surface area (Å²) in [6, 6.07) is 4.12. The predicted molar refractivity (Wildman–Crippen MR) is 114 cm³/mol. The third-order valence-corrected chi connectivity index (χ3v) is 6.81. The number of likely N-dealkylation sites (N-methyl/N-ethyl adjacent to an activating group) is 1. The molecule has 168 valence electrons. The van der Waals surface area contributed by atoms with E-state index in [4.69, 9.17) is 14.6 Å². The van der Waals surface area contributed by atoms with Gasteiger partial charge in [-0.15, -0.1) is 0 Å². The van der Waals surface area contributed by atoms with Crippen LogP contribution in [0.5, 0.6) is 0 Å². The molecule has 0 bridgehead atoms. The molecule has 0 spiro atoms. The van der Waals surface area contributed by atoms with Crippen LogP contribution >= 0.6 is 0 Å². The number of pyridine rings is 1. The number of amides is 1. The van der Waals surface area contributed by atoms with Crippen molar-refractivity contribution in [2.45, 2.75) is 37.8 Å². The fourth-order valence-electron chi connectivity index (χ4n) is 4.95. The zero-order valence-corrected chi connectivity index (χ0v) is 18.1. The van der Waals surface area contributed by atoms with Gasteiger partial charge in [-0.05, 0) is 69.7 Å². The van der Waals surface area contributed by atoms with E-state index in [1.807, 2.05) is 23.2 Å². The third-order valence-electron chi connectivity index (χ3n) is 6.81. The number of carbonyl (C=O) groups excluding carboxylic acids is 1. The van der Waals surface area contributed by atoms with Crippen molar-refractivity contribution in [3.8, 4) is 0 Å². The molecule has 2 aromatic rings. The lowest BCUT2D eigenvalue weighted by atomic mass is 9.77. The summed E-state index contributed by atoms with van der Waals surface area (Å²) in [6.45, 7) is 2.35. The fourth-order valence-corrected chi connectivity index (χ4v) is 4.95. The lowest BCUT2D eigenvalue weighted by molar-refractivity contribution is -0.122. The van der Waals surface area contributed by atoms with Crippen molar-refractivity contribution in [2.75, 3.05) is 33.8 Å². The van der Waals surface area contributed by atoms with E-state index in [0.29, 0.717) is 35.2 Å². The largest absolute Gasteiger partial charge is 0.483 e. The molecule has 5 rings (SSSR count). The topological polar surface area (TPSA) is 100 Å². The number of ether oxygens (including phenoxy) is 1. The maximum absolute atomic E-state index is 13.1. The summed E-state index contributed by atoms with van der Waals surface area (Å²) < 4.78 is 8.03. The monoisotopic (exact) mass is 429 g/mol. The lowest BCUT2D eigenvalue weighted by Gasteiger charge is -2.41. The summed E-state index contributed by atoms with van der Waals surface area (Å²) in [5.41, 5.74) is 1.41. The van der Waals surface area contributed by atoms with E-state index in [-0.39, 0.29) is 12.4 Å². The van der Waals surface area contributed by atoms with Crippen molar-refractivity contribution in [3.63, 3.8) is 0 Å². The highest BCUT2D eigenvalue weighted by Gasteiger charge is 2.45. The average Bonchev–Trinajstić information content (AvgIpc) is 3.30. The molecule has 1 aliphatic heterocycles. The first-order valence-electron chi connectivity index (χ1n) is 10.9. The minimum Gasteiger partial charge on any atom is -0.483 e. The van der Waals surface area contributed by atoms with Crippen LogP contribution in [0.25, 0.3) is 5.65 Å². The number of aromatic nitrogens is 3. The van der Waals surface area contributed by atoms with Crippen molar-refractivity contribution < 1.29 is 19.4 Å². The maximum atomic E-state index is 13.1. The Balaban J connectivity index is 0.000000730. The van der Waals surface area contributed by atoms with Crippen LogP contribution in [0.1, 0.15) is 36.0 Å². The number of nitrogens with zero attached hydrogens (tertiary/aromatic N) is 5. The highest BCUT2D eigenvalue weighted by Crippen LogP contribution is 2.40. The fraction of sp³-hybridized carbons (Fsp3) is 0.636. The molecule has 0 radical (unpaired) electrons. The van der Waals surface area contributed by atoms with Gasteiger partial charge in [0, 0.05) is 37.5 Å². The lowest BCUT2D eigenvalue weighted by Crippen LogP contribution is -2.48. The number of hydrogen-bond donors (Lipinski definition) is 1. The minimum atomic E-state index is -0.250. The molecule has 9 nitrogen and oxygen atoms in total. The standard InChI is InChI=1S/C21H29N5O2.CH2O2/c1-24(2)18-7-16-10-25(11-17(16)8-19(18)28-12-14-3-4-14)21(27)15-5-6-26-20(9-15)22-13-23-26;2-1-3/h5-6,9,13-14,16-19H,3-4,7-8,10-12H2,1-2H3;1H,(H,2,3)/t16-,17+,18-,19-;/m1./s1. The summed E-state index contributed by atoms with van der Waals surface area (Å²) in [5.74, 6) is 2.00. The first-order chi connectivity index (χ1) is 15.0. The predicted octanol–water partition coefficient (Wildman–Crippen LogP) is 1.64. The summed E-state index contributed by atoms with van der Waals surface area (Å²) in [5, 5.41) is 11.0. The summed E-state index contributed by atoms with van der Waals surface area (Å²) in [4.78, 5) is 30.0. The summed E-state index contributed by atoms with van der Waals surface area (Å²) in [6.07, 6.45) is 8.43. The number of rotatable bonds is 5. The Hall–Kier alpha value is -2.52. The Morgan fingerprint density at radius 2 is 2.00 bits per heavy atom. The zero-order chi connectivity index (χ0) is 22.0. The average molecular weight is 430 g/mol. The van der Waals surface area contributed by atoms with Gasteiger partial charge in [-0.2, -0.15) is 5.10 Å². The first kappa shape index (κ1) is 21.7. The van der Waals surface area contributed by atoms with Gasteiger partial charge in [0.15, 0.2) is 5.65 Å². The molecule has 4 atom stereocenters. The number of carboxylic acid groups (broad SMARTS) is 1. The molecule has 2 aliphatic carbocycles. The van der Waals surface area contributed by atoms with E-state index >= 15 is 0 Å². The van der Waals surface area contributed by atoms with Gasteiger partial charge in [0.05, 0.1) is 6.10 Å². The van der Waals surface area contributed by atoms with Crippen LogP contribution in [0.2, 0.25) is 0 Å². The second kappa shape index (κ2) is 9.32. The van der Waals surface area contributed by atoms with Crippen molar-refractivity contribution in [1.29, 1.82) is 0 Å². The molecule has 3 fully saturated rings. The zero-order valence-electron chi connectivity index (χ0n) is 18.1. The van der Waals surface area contributed by atoms with Crippen molar-refractivity contribution in [2.24, 2.45) is 17.8 Å². The molecular formula is C22H31N5O4. The van der Waals surface area contributed by atoms with Gasteiger partial charge in [-0.3, -0.25) is 9.59 Å². The van der Waals surface area contributed by atoms with Crippen LogP contribution in [0.4, 0.5) is 0 Å². The van der Waals surface area contributed by atoms with Gasteiger partial charge in [0.1, 0.15) is 6.33 Å². The SMILES string of the molecule is CN(C)[C@@H]1C[C@@H]2CN(C(=O)c3ccn4ncnc4c3)C[C@@H]2C[C@H]1OCC1CC1.O=CO.